The fraction of sp³-hybridized carbons (Fsp3) is 0.214. The van der Waals surface area contributed by atoms with Crippen LogP contribution in [0.1, 0.15) is 24.1 Å². The van der Waals surface area contributed by atoms with E-state index in [1.165, 1.54) is 0 Å². The van der Waals surface area contributed by atoms with Crippen molar-refractivity contribution in [3.05, 3.63) is 53.7 Å². The summed E-state index contributed by atoms with van der Waals surface area (Å²) < 4.78 is 5.62. The van der Waals surface area contributed by atoms with E-state index in [0.717, 1.165) is 11.1 Å². The molecule has 0 saturated carbocycles. The Balaban J connectivity index is 2.18. The van der Waals surface area contributed by atoms with E-state index >= 15 is 0 Å². The maximum atomic E-state index is 9.20. The molecule has 4 heteroatoms. The fourth-order valence-electron chi connectivity index (χ4n) is 1.57. The van der Waals surface area contributed by atoms with Crippen molar-refractivity contribution in [1.82, 2.24) is 4.98 Å². The van der Waals surface area contributed by atoms with Gasteiger partial charge in [0, 0.05) is 23.9 Å². The van der Waals surface area contributed by atoms with Crippen molar-refractivity contribution < 1.29 is 9.84 Å². The van der Waals surface area contributed by atoms with Gasteiger partial charge in [-0.3, -0.25) is 0 Å². The molecule has 3 N–H and O–H groups in total. The first-order valence-corrected chi connectivity index (χ1v) is 5.79. The van der Waals surface area contributed by atoms with Gasteiger partial charge in [-0.1, -0.05) is 24.3 Å². The predicted molar refractivity (Wildman–Crippen MR) is 69.3 cm³/mol. The molecular formula is C14H16N2O2. The zero-order valence-electron chi connectivity index (χ0n) is 10.2. The summed E-state index contributed by atoms with van der Waals surface area (Å²) >= 11 is 0. The number of nitrogens with zero attached hydrogens (tertiary/aromatic N) is 1. The molecule has 2 rings (SSSR count). The molecule has 0 aliphatic carbocycles. The number of aliphatic hydroxyl groups is 1. The first-order valence-electron chi connectivity index (χ1n) is 5.79. The van der Waals surface area contributed by atoms with Gasteiger partial charge >= 0.3 is 0 Å². The minimum absolute atomic E-state index is 0.0451. The zero-order chi connectivity index (χ0) is 13.0. The SMILES string of the molecule is C[C@H](N)c1ccc(Oc2ccccc2CO)nc1. The monoisotopic (exact) mass is 244 g/mol. The molecule has 2 aromatic rings. The second-order valence-electron chi connectivity index (χ2n) is 4.09. The Labute approximate surface area is 106 Å². The van der Waals surface area contributed by atoms with Crippen LogP contribution >= 0.6 is 0 Å². The van der Waals surface area contributed by atoms with Crippen LogP contribution in [0, 0.1) is 0 Å². The summed E-state index contributed by atoms with van der Waals surface area (Å²) in [4.78, 5) is 4.19. The fourth-order valence-corrected chi connectivity index (χ4v) is 1.57. The minimum atomic E-state index is -0.0614. The summed E-state index contributed by atoms with van der Waals surface area (Å²) in [5.41, 5.74) is 7.44. The smallest absolute Gasteiger partial charge is 0.219 e. The maximum Gasteiger partial charge on any atom is 0.219 e. The van der Waals surface area contributed by atoms with Crippen LogP contribution in [0.25, 0.3) is 0 Å². The van der Waals surface area contributed by atoms with E-state index in [0.29, 0.717) is 11.6 Å². The third-order valence-electron chi connectivity index (χ3n) is 2.64. The molecule has 0 radical (unpaired) electrons. The molecule has 1 heterocycles. The topological polar surface area (TPSA) is 68.4 Å². The molecule has 0 aliphatic heterocycles. The van der Waals surface area contributed by atoms with Gasteiger partial charge in [-0.15, -0.1) is 0 Å². The van der Waals surface area contributed by atoms with Crippen LogP contribution in [0.2, 0.25) is 0 Å². The number of hydrogen-bond acceptors (Lipinski definition) is 4. The third kappa shape index (κ3) is 2.85. The van der Waals surface area contributed by atoms with E-state index < -0.39 is 0 Å². The van der Waals surface area contributed by atoms with Crippen molar-refractivity contribution >= 4 is 0 Å². The number of nitrogens with two attached hydrogens (primary N) is 1. The van der Waals surface area contributed by atoms with E-state index in [1.54, 1.807) is 18.3 Å². The average molecular weight is 244 g/mol. The number of pyridine rings is 1. The maximum absolute atomic E-state index is 9.20. The summed E-state index contributed by atoms with van der Waals surface area (Å²) in [6, 6.07) is 10.9. The van der Waals surface area contributed by atoms with Crippen molar-refractivity contribution in [2.24, 2.45) is 5.73 Å². The lowest BCUT2D eigenvalue weighted by Crippen LogP contribution is -2.05. The summed E-state index contributed by atoms with van der Waals surface area (Å²) in [6.07, 6.45) is 1.70. The molecule has 0 fully saturated rings. The van der Waals surface area contributed by atoms with Gasteiger partial charge in [0.2, 0.25) is 5.88 Å². The van der Waals surface area contributed by atoms with Crippen LogP contribution in [-0.4, -0.2) is 10.1 Å². The van der Waals surface area contributed by atoms with Gasteiger partial charge in [0.25, 0.3) is 0 Å². The quantitative estimate of drug-likeness (QED) is 0.866. The summed E-state index contributed by atoms with van der Waals surface area (Å²) in [7, 11) is 0. The zero-order valence-corrected chi connectivity index (χ0v) is 10.2. The number of rotatable bonds is 4. The minimum Gasteiger partial charge on any atom is -0.439 e. The second kappa shape index (κ2) is 5.62. The number of hydrogen-bond donors (Lipinski definition) is 2. The Morgan fingerprint density at radius 1 is 1.28 bits per heavy atom. The van der Waals surface area contributed by atoms with Crippen molar-refractivity contribution in [2.45, 2.75) is 19.6 Å². The Kier molecular flexibility index (Phi) is 3.92. The standard InChI is InChI=1S/C14H16N2O2/c1-10(15)11-6-7-14(16-8-11)18-13-5-3-2-4-12(13)9-17/h2-8,10,17H,9,15H2,1H3/t10-/m0/s1. The highest BCUT2D eigenvalue weighted by Crippen LogP contribution is 2.24. The molecule has 4 nitrogen and oxygen atoms in total. The number of benzene rings is 1. The lowest BCUT2D eigenvalue weighted by atomic mass is 10.2. The van der Waals surface area contributed by atoms with E-state index in [9.17, 15) is 5.11 Å². The lowest BCUT2D eigenvalue weighted by molar-refractivity contribution is 0.276. The van der Waals surface area contributed by atoms with Crippen LogP contribution in [0.4, 0.5) is 0 Å². The van der Waals surface area contributed by atoms with Crippen LogP contribution in [0.3, 0.4) is 0 Å². The van der Waals surface area contributed by atoms with Gasteiger partial charge < -0.3 is 15.6 Å². The third-order valence-corrected chi connectivity index (χ3v) is 2.64. The average Bonchev–Trinajstić information content (AvgIpc) is 2.40. The highest BCUT2D eigenvalue weighted by molar-refractivity contribution is 5.35. The van der Waals surface area contributed by atoms with Gasteiger partial charge in [0.05, 0.1) is 6.61 Å². The van der Waals surface area contributed by atoms with Crippen LogP contribution in [0.5, 0.6) is 11.6 Å². The molecule has 0 saturated heterocycles. The summed E-state index contributed by atoms with van der Waals surface area (Å²) in [5, 5.41) is 9.20. The van der Waals surface area contributed by atoms with Gasteiger partial charge in [0.1, 0.15) is 5.75 Å². The van der Waals surface area contributed by atoms with Crippen molar-refractivity contribution in [3.8, 4) is 11.6 Å². The Hall–Kier alpha value is -1.91. The molecular weight excluding hydrogens is 228 g/mol. The predicted octanol–water partition coefficient (Wildman–Crippen LogP) is 2.39. The molecule has 0 amide bonds. The first-order chi connectivity index (χ1) is 8.70. The van der Waals surface area contributed by atoms with Crippen LogP contribution in [-0.2, 0) is 6.61 Å². The summed E-state index contributed by atoms with van der Waals surface area (Å²) in [5.74, 6) is 1.10. The second-order valence-corrected chi connectivity index (χ2v) is 4.09. The molecule has 0 bridgehead atoms. The van der Waals surface area contributed by atoms with Crippen molar-refractivity contribution in [3.63, 3.8) is 0 Å². The van der Waals surface area contributed by atoms with Crippen LogP contribution in [0.15, 0.2) is 42.6 Å². The number of aromatic nitrogens is 1. The molecule has 18 heavy (non-hydrogen) atoms. The van der Waals surface area contributed by atoms with Gasteiger partial charge in [0.15, 0.2) is 0 Å². The Morgan fingerprint density at radius 2 is 2.06 bits per heavy atom. The Bertz CT molecular complexity index is 509. The lowest BCUT2D eigenvalue weighted by Gasteiger charge is -2.10. The Morgan fingerprint density at radius 3 is 2.67 bits per heavy atom. The largest absolute Gasteiger partial charge is 0.439 e. The number of aliphatic hydroxyl groups excluding tert-OH is 1. The van der Waals surface area contributed by atoms with Gasteiger partial charge in [-0.25, -0.2) is 4.98 Å². The highest BCUT2D eigenvalue weighted by atomic mass is 16.5. The molecule has 1 aromatic carbocycles. The van der Waals surface area contributed by atoms with E-state index in [1.807, 2.05) is 31.2 Å². The summed E-state index contributed by atoms with van der Waals surface area (Å²) in [6.45, 7) is 1.84. The molecule has 94 valence electrons. The number of para-hydroxylation sites is 1. The van der Waals surface area contributed by atoms with E-state index in [4.69, 9.17) is 10.5 Å². The van der Waals surface area contributed by atoms with Gasteiger partial charge in [-0.2, -0.15) is 0 Å². The number of ether oxygens (including phenoxy) is 1. The molecule has 0 aliphatic rings. The normalized spacial score (nSPS) is 12.2. The molecule has 0 unspecified atom stereocenters. The first kappa shape index (κ1) is 12.5. The molecule has 0 spiro atoms. The van der Waals surface area contributed by atoms with E-state index in [-0.39, 0.29) is 12.6 Å². The molecule has 1 atom stereocenters. The highest BCUT2D eigenvalue weighted by Gasteiger charge is 2.05. The van der Waals surface area contributed by atoms with Crippen molar-refractivity contribution in [2.75, 3.05) is 0 Å². The van der Waals surface area contributed by atoms with Crippen LogP contribution < -0.4 is 10.5 Å². The van der Waals surface area contributed by atoms with Gasteiger partial charge in [-0.05, 0) is 18.6 Å². The van der Waals surface area contributed by atoms with E-state index in [2.05, 4.69) is 4.98 Å². The van der Waals surface area contributed by atoms with Crippen molar-refractivity contribution in [1.29, 1.82) is 0 Å². The molecule has 1 aromatic heterocycles.